The highest BCUT2D eigenvalue weighted by atomic mass is 35.5. The number of aromatic nitrogens is 8. The molecule has 3 saturated heterocycles. The third-order valence-electron chi connectivity index (χ3n) is 11.2. The van der Waals surface area contributed by atoms with Crippen LogP contribution in [0.3, 0.4) is 0 Å². The number of amides is 2. The number of carbonyl (C=O) groups excluding carboxylic acids is 2. The fraction of sp³-hybridized carbons (Fsp3) is 0.359. The van der Waals surface area contributed by atoms with E-state index in [4.69, 9.17) is 32.7 Å². The lowest BCUT2D eigenvalue weighted by Gasteiger charge is -2.28. The lowest BCUT2D eigenvalue weighted by molar-refractivity contribution is 0.00308. The van der Waals surface area contributed by atoms with E-state index in [1.807, 2.05) is 0 Å². The summed E-state index contributed by atoms with van der Waals surface area (Å²) in [6, 6.07) is 3.56. The molecule has 0 spiro atoms. The highest BCUT2D eigenvalue weighted by Crippen LogP contribution is 2.40. The van der Waals surface area contributed by atoms with Crippen LogP contribution in [0.2, 0.25) is 10.0 Å². The average Bonchev–Trinajstić information content (AvgIpc) is 4.09. The van der Waals surface area contributed by atoms with Gasteiger partial charge in [0, 0.05) is 31.3 Å². The van der Waals surface area contributed by atoms with Crippen molar-refractivity contribution in [1.29, 1.82) is 5.26 Å². The van der Waals surface area contributed by atoms with Crippen molar-refractivity contribution in [3.05, 3.63) is 86.9 Å². The van der Waals surface area contributed by atoms with E-state index in [1.54, 1.807) is 0 Å². The largest absolute Gasteiger partial charge is 0.391 e. The van der Waals surface area contributed by atoms with Crippen LogP contribution in [-0.4, -0.2) is 124 Å². The number of rotatable bonds is 10. The third kappa shape index (κ3) is 7.91. The van der Waals surface area contributed by atoms with Gasteiger partial charge in [-0.1, -0.05) is 23.2 Å². The van der Waals surface area contributed by atoms with Crippen LogP contribution in [-0.2, 0) is 16.0 Å². The van der Waals surface area contributed by atoms with Crippen molar-refractivity contribution in [3.63, 3.8) is 0 Å². The number of carbonyl (C=O) groups is 2. The number of nitrogens with zero attached hydrogens (tertiary/aromatic N) is 9. The zero-order valence-electron chi connectivity index (χ0n) is 32.5. The van der Waals surface area contributed by atoms with Crippen molar-refractivity contribution in [2.75, 3.05) is 43.6 Å². The van der Waals surface area contributed by atoms with Crippen LogP contribution in [0, 0.1) is 34.7 Å². The first-order chi connectivity index (χ1) is 30.4. The molecule has 24 heteroatoms. The zero-order valence-corrected chi connectivity index (χ0v) is 34.0. The van der Waals surface area contributed by atoms with Crippen molar-refractivity contribution < 1.29 is 42.4 Å². The SMILES string of the molecule is N#C[C@H]1C[C@H](c2cc(F)c(-n3nc(C(=O)NCc4cc(F)cc(Cl)c4Cl)c4c(N[C@@H]5COCC[C@H]5O)ncnc43)cc2F)N(C(=O)c2[nH]nc3ncnc(N[C@@H]4COC[C@H]4O)c23)C1. The number of nitrogens with one attached hydrogen (secondary N) is 4. The Morgan fingerprint density at radius 2 is 1.68 bits per heavy atom. The Balaban J connectivity index is 1.08. The van der Waals surface area contributed by atoms with Gasteiger partial charge in [0.05, 0.1) is 83.0 Å². The van der Waals surface area contributed by atoms with Gasteiger partial charge in [0.1, 0.15) is 53.1 Å². The van der Waals surface area contributed by atoms with E-state index < -0.39 is 71.2 Å². The van der Waals surface area contributed by atoms with Crippen LogP contribution < -0.4 is 16.0 Å². The molecule has 9 rings (SSSR count). The molecule has 0 aliphatic carbocycles. The molecule has 6 N–H and O–H groups in total. The van der Waals surface area contributed by atoms with Crippen molar-refractivity contribution in [2.24, 2.45) is 5.92 Å². The number of halogens is 5. The number of hydrogen-bond donors (Lipinski definition) is 6. The van der Waals surface area contributed by atoms with Crippen LogP contribution in [0.1, 0.15) is 51.0 Å². The number of nitriles is 1. The number of hydrogen-bond acceptors (Lipinski definition) is 15. The van der Waals surface area contributed by atoms with Crippen molar-refractivity contribution >= 4 is 68.7 Å². The number of aromatic amines is 1. The Hall–Kier alpha value is -6.22. The molecule has 19 nitrogen and oxygen atoms in total. The first-order valence-corrected chi connectivity index (χ1v) is 20.2. The summed E-state index contributed by atoms with van der Waals surface area (Å²) in [5, 5.41) is 51.0. The summed E-state index contributed by atoms with van der Waals surface area (Å²) in [5.41, 5.74) is -1.06. The molecule has 6 atom stereocenters. The smallest absolute Gasteiger partial charge is 0.273 e. The Bertz CT molecular complexity index is 2830. The molecule has 3 fully saturated rings. The number of likely N-dealkylation sites (tertiary alicyclic amines) is 1. The molecule has 3 aliphatic heterocycles. The second-order valence-electron chi connectivity index (χ2n) is 15.1. The molecule has 6 aromatic rings. The second-order valence-corrected chi connectivity index (χ2v) is 15.9. The minimum Gasteiger partial charge on any atom is -0.391 e. The van der Waals surface area contributed by atoms with Crippen LogP contribution in [0.15, 0.2) is 36.9 Å². The van der Waals surface area contributed by atoms with Crippen molar-refractivity contribution in [1.82, 2.24) is 50.1 Å². The molecule has 7 heterocycles. The molecule has 2 amide bonds. The quantitative estimate of drug-likeness (QED) is 0.107. The fourth-order valence-electron chi connectivity index (χ4n) is 7.96. The standard InChI is InChI=1S/C39H34Cl2F3N13O6/c40-20-5-18(42)4-17(31(20)41)9-46-38(60)32-30-35(51-23-11-62-2-1-27(23)58)48-15-50-37(30)57(55-32)26-7-21(43)19(6-22(26)44)25-3-16(8-45)10-56(25)39(61)33-29-34(47-14-49-36(29)54-53-33)52-24-12-63-13-28(24)59/h4-7,14-16,23-25,27-28,58-59H,1-3,9-13H2,(H,46,60)(H,48,50,51)(H2,47,49,52,53,54)/t16-,23-,24-,25-,27-,28-/m1/s1. The normalized spacial score (nSPS) is 22.4. The maximum atomic E-state index is 16.6. The topological polar surface area (TPSA) is 254 Å². The summed E-state index contributed by atoms with van der Waals surface area (Å²) in [6.07, 6.45) is 0.870. The monoisotopic (exact) mass is 907 g/mol. The van der Waals surface area contributed by atoms with Crippen LogP contribution in [0.4, 0.5) is 24.8 Å². The van der Waals surface area contributed by atoms with Gasteiger partial charge in [0.2, 0.25) is 0 Å². The number of benzene rings is 2. The molecular weight excluding hydrogens is 874 g/mol. The number of fused-ring (bicyclic) bond motifs is 2. The van der Waals surface area contributed by atoms with E-state index in [-0.39, 0.29) is 106 Å². The fourth-order valence-corrected chi connectivity index (χ4v) is 8.37. The van der Waals surface area contributed by atoms with Crippen LogP contribution in [0.5, 0.6) is 0 Å². The number of aliphatic hydroxyl groups is 2. The number of H-pyrrole nitrogens is 1. The average molecular weight is 909 g/mol. The van der Waals surface area contributed by atoms with E-state index >= 15 is 8.78 Å². The molecule has 0 bridgehead atoms. The first-order valence-electron chi connectivity index (χ1n) is 19.5. The Morgan fingerprint density at radius 1 is 0.937 bits per heavy atom. The van der Waals surface area contributed by atoms with Gasteiger partial charge in [-0.3, -0.25) is 14.7 Å². The van der Waals surface area contributed by atoms with Gasteiger partial charge < -0.3 is 40.5 Å². The first kappa shape index (κ1) is 42.1. The molecular formula is C39H34Cl2F3N13O6. The molecule has 3 aliphatic rings. The summed E-state index contributed by atoms with van der Waals surface area (Å²) in [5.74, 6) is -4.86. The van der Waals surface area contributed by atoms with Gasteiger partial charge in [-0.25, -0.2) is 37.8 Å². The third-order valence-corrected chi connectivity index (χ3v) is 12.0. The van der Waals surface area contributed by atoms with Crippen molar-refractivity contribution in [2.45, 2.75) is 49.7 Å². The Kier molecular flexibility index (Phi) is 11.5. The van der Waals surface area contributed by atoms with Gasteiger partial charge in [-0.2, -0.15) is 15.5 Å². The maximum absolute atomic E-state index is 16.6. The maximum Gasteiger partial charge on any atom is 0.273 e. The van der Waals surface area contributed by atoms with E-state index in [0.717, 1.165) is 35.3 Å². The van der Waals surface area contributed by atoms with Crippen molar-refractivity contribution in [3.8, 4) is 11.8 Å². The Morgan fingerprint density at radius 3 is 2.43 bits per heavy atom. The lowest BCUT2D eigenvalue weighted by Crippen LogP contribution is -2.42. The van der Waals surface area contributed by atoms with E-state index in [0.29, 0.717) is 13.0 Å². The summed E-state index contributed by atoms with van der Waals surface area (Å²) in [7, 11) is 0. The van der Waals surface area contributed by atoms with E-state index in [1.165, 1.54) is 11.2 Å². The molecule has 4 aromatic heterocycles. The minimum absolute atomic E-state index is 0.00345. The summed E-state index contributed by atoms with van der Waals surface area (Å²) in [6.45, 7) is 0.208. The molecule has 2 aromatic carbocycles. The van der Waals surface area contributed by atoms with Gasteiger partial charge in [0.25, 0.3) is 11.8 Å². The van der Waals surface area contributed by atoms with Gasteiger partial charge >= 0.3 is 0 Å². The molecule has 0 saturated carbocycles. The highest BCUT2D eigenvalue weighted by Gasteiger charge is 2.41. The number of aliphatic hydroxyl groups excluding tert-OH is 2. The molecule has 0 radical (unpaired) electrons. The second kappa shape index (κ2) is 17.2. The Labute approximate surface area is 363 Å². The van der Waals surface area contributed by atoms with Crippen LogP contribution >= 0.6 is 23.2 Å². The summed E-state index contributed by atoms with van der Waals surface area (Å²) < 4.78 is 59.3. The van der Waals surface area contributed by atoms with Crippen LogP contribution in [0.25, 0.3) is 27.8 Å². The van der Waals surface area contributed by atoms with Gasteiger partial charge in [-0.15, -0.1) is 0 Å². The minimum atomic E-state index is -1.14. The van der Waals surface area contributed by atoms with E-state index in [9.17, 15) is 29.5 Å². The molecule has 63 heavy (non-hydrogen) atoms. The summed E-state index contributed by atoms with van der Waals surface area (Å²) >= 11 is 12.3. The van der Waals surface area contributed by atoms with Gasteiger partial charge in [-0.05, 0) is 36.6 Å². The van der Waals surface area contributed by atoms with Gasteiger partial charge in [0.15, 0.2) is 17.0 Å². The molecule has 326 valence electrons. The predicted molar refractivity (Wildman–Crippen MR) is 216 cm³/mol. The predicted octanol–water partition coefficient (Wildman–Crippen LogP) is 3.60. The number of anilines is 2. The van der Waals surface area contributed by atoms with E-state index in [2.05, 4.69) is 57.3 Å². The zero-order chi connectivity index (χ0) is 44.1. The summed E-state index contributed by atoms with van der Waals surface area (Å²) in [4.78, 5) is 46.5. The number of ether oxygens (including phenoxy) is 2. The lowest BCUT2D eigenvalue weighted by atomic mass is 9.99. The molecule has 0 unspecified atom stereocenters. The highest BCUT2D eigenvalue weighted by molar-refractivity contribution is 6.42.